The van der Waals surface area contributed by atoms with E-state index in [4.69, 9.17) is 4.74 Å². The van der Waals surface area contributed by atoms with E-state index in [1.54, 1.807) is 0 Å². The third kappa shape index (κ3) is 1.67. The van der Waals surface area contributed by atoms with Crippen LogP contribution in [0.4, 0.5) is 5.69 Å². The van der Waals surface area contributed by atoms with E-state index in [0.717, 1.165) is 42.8 Å². The Labute approximate surface area is 153 Å². The van der Waals surface area contributed by atoms with Crippen LogP contribution in [-0.4, -0.2) is 36.5 Å². The third-order valence-corrected chi connectivity index (χ3v) is 7.34. The van der Waals surface area contributed by atoms with E-state index in [-0.39, 0.29) is 28.7 Å². The highest BCUT2D eigenvalue weighted by Gasteiger charge is 2.67. The SMILES string of the molecule is CC[C@]12CCC(=O)N3CC[C@@]4(C(=C(C(=O)OC)C1)Nc1ccccc14)[C@@H]32. The van der Waals surface area contributed by atoms with E-state index in [0.29, 0.717) is 12.8 Å². The molecule has 5 nitrogen and oxygen atoms in total. The Bertz CT molecular complexity index is 861. The number of hydrogen-bond donors (Lipinski definition) is 1. The molecule has 2 fully saturated rings. The van der Waals surface area contributed by atoms with Gasteiger partial charge in [-0.1, -0.05) is 25.1 Å². The van der Waals surface area contributed by atoms with Gasteiger partial charge in [-0.2, -0.15) is 0 Å². The Morgan fingerprint density at radius 1 is 1.35 bits per heavy atom. The van der Waals surface area contributed by atoms with Gasteiger partial charge in [0.25, 0.3) is 0 Å². The molecule has 1 amide bonds. The molecule has 0 unspecified atom stereocenters. The number of para-hydroxylation sites is 1. The number of carbonyl (C=O) groups is 2. The number of hydrogen-bond acceptors (Lipinski definition) is 4. The molecular formula is C21H24N2O3. The van der Waals surface area contributed by atoms with Crippen molar-refractivity contribution in [2.45, 2.75) is 50.5 Å². The first-order valence-corrected chi connectivity index (χ1v) is 9.55. The molecule has 26 heavy (non-hydrogen) atoms. The van der Waals surface area contributed by atoms with E-state index in [9.17, 15) is 9.59 Å². The highest BCUT2D eigenvalue weighted by Crippen LogP contribution is 2.65. The molecule has 1 aliphatic carbocycles. The van der Waals surface area contributed by atoms with Crippen LogP contribution in [-0.2, 0) is 19.7 Å². The van der Waals surface area contributed by atoms with Crippen molar-refractivity contribution in [1.82, 2.24) is 4.90 Å². The van der Waals surface area contributed by atoms with Crippen molar-refractivity contribution in [3.63, 3.8) is 0 Å². The van der Waals surface area contributed by atoms with Crippen LogP contribution < -0.4 is 5.32 Å². The normalized spacial score (nSPS) is 34.2. The zero-order valence-electron chi connectivity index (χ0n) is 15.3. The minimum Gasteiger partial charge on any atom is -0.466 e. The summed E-state index contributed by atoms with van der Waals surface area (Å²) in [5.41, 5.74) is 3.70. The molecule has 1 spiro atoms. The molecule has 3 atom stereocenters. The summed E-state index contributed by atoms with van der Waals surface area (Å²) in [6.07, 6.45) is 3.94. The fraction of sp³-hybridized carbons (Fsp3) is 0.524. The van der Waals surface area contributed by atoms with Crippen LogP contribution >= 0.6 is 0 Å². The molecule has 1 aromatic carbocycles. The van der Waals surface area contributed by atoms with Crippen LogP contribution in [0.25, 0.3) is 0 Å². The number of fused-ring (bicyclic) bond motifs is 1. The lowest BCUT2D eigenvalue weighted by atomic mass is 9.53. The maximum atomic E-state index is 12.7. The number of anilines is 1. The summed E-state index contributed by atoms with van der Waals surface area (Å²) in [5, 5.41) is 3.55. The molecule has 5 heteroatoms. The molecule has 0 bridgehead atoms. The van der Waals surface area contributed by atoms with Gasteiger partial charge in [0, 0.05) is 24.4 Å². The molecule has 2 saturated heterocycles. The van der Waals surface area contributed by atoms with E-state index < -0.39 is 0 Å². The first kappa shape index (κ1) is 15.9. The van der Waals surface area contributed by atoms with Gasteiger partial charge in [-0.25, -0.2) is 4.79 Å². The van der Waals surface area contributed by atoms with Crippen molar-refractivity contribution in [2.75, 3.05) is 19.0 Å². The number of ether oxygens (including phenoxy) is 1. The number of rotatable bonds is 2. The number of benzene rings is 1. The van der Waals surface area contributed by atoms with Gasteiger partial charge < -0.3 is 15.0 Å². The molecule has 5 rings (SSSR count). The van der Waals surface area contributed by atoms with Crippen molar-refractivity contribution < 1.29 is 14.3 Å². The van der Waals surface area contributed by atoms with E-state index >= 15 is 0 Å². The number of methoxy groups -OCH3 is 1. The number of nitrogens with zero attached hydrogens (tertiary/aromatic N) is 1. The van der Waals surface area contributed by atoms with Gasteiger partial charge in [0.15, 0.2) is 0 Å². The summed E-state index contributed by atoms with van der Waals surface area (Å²) in [6, 6.07) is 8.44. The average molecular weight is 352 g/mol. The van der Waals surface area contributed by atoms with Crippen LogP contribution in [0.1, 0.15) is 44.6 Å². The Morgan fingerprint density at radius 2 is 2.15 bits per heavy atom. The molecule has 1 N–H and O–H groups in total. The predicted molar refractivity (Wildman–Crippen MR) is 97.5 cm³/mol. The quantitative estimate of drug-likeness (QED) is 0.832. The van der Waals surface area contributed by atoms with Crippen molar-refractivity contribution >= 4 is 17.6 Å². The van der Waals surface area contributed by atoms with Crippen LogP contribution in [0.15, 0.2) is 35.5 Å². The van der Waals surface area contributed by atoms with E-state index in [2.05, 4.69) is 35.3 Å². The number of carbonyl (C=O) groups excluding carboxylic acids is 2. The molecule has 1 aromatic rings. The summed E-state index contributed by atoms with van der Waals surface area (Å²) in [7, 11) is 1.46. The van der Waals surface area contributed by atoms with Crippen LogP contribution in [0.3, 0.4) is 0 Å². The van der Waals surface area contributed by atoms with Crippen LogP contribution in [0.2, 0.25) is 0 Å². The molecular weight excluding hydrogens is 328 g/mol. The first-order chi connectivity index (χ1) is 12.6. The maximum Gasteiger partial charge on any atom is 0.335 e. The van der Waals surface area contributed by atoms with Gasteiger partial charge in [0.05, 0.1) is 24.1 Å². The van der Waals surface area contributed by atoms with Gasteiger partial charge in [-0.3, -0.25) is 4.79 Å². The number of esters is 1. The van der Waals surface area contributed by atoms with Crippen LogP contribution in [0.5, 0.6) is 0 Å². The molecule has 0 aromatic heterocycles. The summed E-state index contributed by atoms with van der Waals surface area (Å²) in [4.78, 5) is 27.6. The molecule has 0 saturated carbocycles. The van der Waals surface area contributed by atoms with E-state index in [1.165, 1.54) is 12.7 Å². The number of nitrogens with one attached hydrogen (secondary N) is 1. The largest absolute Gasteiger partial charge is 0.466 e. The lowest BCUT2D eigenvalue weighted by molar-refractivity contribution is -0.144. The Morgan fingerprint density at radius 3 is 2.92 bits per heavy atom. The third-order valence-electron chi connectivity index (χ3n) is 7.34. The smallest absolute Gasteiger partial charge is 0.335 e. The minimum atomic E-state index is -0.301. The summed E-state index contributed by atoms with van der Waals surface area (Å²) in [6.45, 7) is 2.97. The van der Waals surface area contributed by atoms with Gasteiger partial charge >= 0.3 is 5.97 Å². The summed E-state index contributed by atoms with van der Waals surface area (Å²) in [5.74, 6) is 0.0301. The second-order valence-electron chi connectivity index (χ2n) is 8.12. The molecule has 136 valence electrons. The van der Waals surface area contributed by atoms with E-state index in [1.807, 2.05) is 6.07 Å². The van der Waals surface area contributed by atoms with Crippen molar-refractivity contribution in [1.29, 1.82) is 0 Å². The Balaban J connectivity index is 1.82. The minimum absolute atomic E-state index is 0.0590. The Kier molecular flexibility index (Phi) is 3.13. The first-order valence-electron chi connectivity index (χ1n) is 9.55. The fourth-order valence-electron chi connectivity index (χ4n) is 6.26. The molecule has 4 aliphatic rings. The van der Waals surface area contributed by atoms with Gasteiger partial charge in [0.1, 0.15) is 0 Å². The van der Waals surface area contributed by atoms with Gasteiger partial charge in [0.2, 0.25) is 5.91 Å². The molecule has 0 radical (unpaired) electrons. The average Bonchev–Trinajstić information content (AvgIpc) is 3.24. The molecule has 3 heterocycles. The zero-order valence-corrected chi connectivity index (χ0v) is 15.3. The fourth-order valence-corrected chi connectivity index (χ4v) is 6.26. The monoisotopic (exact) mass is 352 g/mol. The summed E-state index contributed by atoms with van der Waals surface area (Å²) < 4.78 is 5.17. The maximum absolute atomic E-state index is 12.7. The number of amides is 1. The zero-order chi connectivity index (χ0) is 18.1. The lowest BCUT2D eigenvalue weighted by Crippen LogP contribution is -2.61. The lowest BCUT2D eigenvalue weighted by Gasteiger charge is -2.55. The van der Waals surface area contributed by atoms with Crippen LogP contribution in [0, 0.1) is 5.41 Å². The van der Waals surface area contributed by atoms with Gasteiger partial charge in [-0.05, 0) is 42.7 Å². The van der Waals surface area contributed by atoms with Gasteiger partial charge in [-0.15, -0.1) is 0 Å². The number of piperidine rings is 1. The highest BCUT2D eigenvalue weighted by atomic mass is 16.5. The van der Waals surface area contributed by atoms with Crippen molar-refractivity contribution in [2.24, 2.45) is 5.41 Å². The predicted octanol–water partition coefficient (Wildman–Crippen LogP) is 2.97. The summed E-state index contributed by atoms with van der Waals surface area (Å²) >= 11 is 0. The van der Waals surface area contributed by atoms with Crippen molar-refractivity contribution in [3.05, 3.63) is 41.1 Å². The second-order valence-corrected chi connectivity index (χ2v) is 8.12. The van der Waals surface area contributed by atoms with Crippen molar-refractivity contribution in [3.8, 4) is 0 Å². The topological polar surface area (TPSA) is 58.6 Å². The second kappa shape index (κ2) is 5.12. The Hall–Kier alpha value is -2.30. The highest BCUT2D eigenvalue weighted by molar-refractivity contribution is 5.94. The standard InChI is InChI=1S/C21H24N2O3/c1-3-20-9-8-16(24)23-11-10-21(19(20)23)14-6-4-5-7-15(14)22-17(21)13(12-20)18(25)26-2/h4-7,19,22H,3,8-12H2,1-2H3/t19-,20-,21+/m0/s1. The molecule has 3 aliphatic heterocycles.